The first-order chi connectivity index (χ1) is 6.66. The van der Waals surface area contributed by atoms with E-state index in [9.17, 15) is 0 Å². The molecule has 1 aromatic heterocycles. The third-order valence-corrected chi connectivity index (χ3v) is 2.57. The van der Waals surface area contributed by atoms with Gasteiger partial charge in [0.25, 0.3) is 0 Å². The summed E-state index contributed by atoms with van der Waals surface area (Å²) < 4.78 is 2.12. The van der Waals surface area contributed by atoms with Gasteiger partial charge in [0, 0.05) is 18.6 Å². The van der Waals surface area contributed by atoms with E-state index in [0.29, 0.717) is 6.04 Å². The van der Waals surface area contributed by atoms with Crippen LogP contribution in [0.25, 0.3) is 0 Å². The first-order valence-corrected chi connectivity index (χ1v) is 5.45. The molecule has 1 N–H and O–H groups in total. The lowest BCUT2D eigenvalue weighted by Crippen LogP contribution is -2.19. The molecule has 1 aromatic rings. The van der Waals surface area contributed by atoms with Crippen molar-refractivity contribution in [3.63, 3.8) is 0 Å². The van der Waals surface area contributed by atoms with E-state index in [0.717, 1.165) is 18.3 Å². The molecule has 0 aromatic carbocycles. The van der Waals surface area contributed by atoms with Crippen LogP contribution in [0.1, 0.15) is 44.1 Å². The van der Waals surface area contributed by atoms with Crippen LogP contribution in [0.2, 0.25) is 0 Å². The lowest BCUT2D eigenvalue weighted by molar-refractivity contribution is 0.492. The van der Waals surface area contributed by atoms with Crippen molar-refractivity contribution in [2.45, 2.75) is 52.2 Å². The van der Waals surface area contributed by atoms with Gasteiger partial charge in [0.15, 0.2) is 0 Å². The van der Waals surface area contributed by atoms with Gasteiger partial charge in [-0.25, -0.2) is 0 Å². The molecule has 0 bridgehead atoms. The van der Waals surface area contributed by atoms with E-state index in [2.05, 4.69) is 41.9 Å². The molecule has 14 heavy (non-hydrogen) atoms. The second kappa shape index (κ2) is 3.73. The van der Waals surface area contributed by atoms with Crippen LogP contribution in [0.4, 0.5) is 0 Å². The molecule has 0 radical (unpaired) electrons. The number of nitrogens with one attached hydrogen (secondary N) is 1. The third kappa shape index (κ3) is 2.15. The zero-order chi connectivity index (χ0) is 10.1. The zero-order valence-electron chi connectivity index (χ0n) is 9.25. The highest BCUT2D eigenvalue weighted by Gasteiger charge is 2.21. The highest BCUT2D eigenvalue weighted by atomic mass is 15.3. The van der Waals surface area contributed by atoms with Gasteiger partial charge in [-0.15, -0.1) is 0 Å². The summed E-state index contributed by atoms with van der Waals surface area (Å²) >= 11 is 0. The molecule has 0 spiro atoms. The predicted molar refractivity (Wildman–Crippen MR) is 57.2 cm³/mol. The molecule has 1 heterocycles. The molecule has 0 saturated heterocycles. The van der Waals surface area contributed by atoms with E-state index >= 15 is 0 Å². The van der Waals surface area contributed by atoms with Gasteiger partial charge in [-0.1, -0.05) is 0 Å². The Kier molecular flexibility index (Phi) is 2.59. The van der Waals surface area contributed by atoms with Crippen molar-refractivity contribution in [1.82, 2.24) is 15.1 Å². The summed E-state index contributed by atoms with van der Waals surface area (Å²) in [7, 11) is 0. The average Bonchev–Trinajstić information content (AvgIpc) is 2.86. The first-order valence-electron chi connectivity index (χ1n) is 5.45. The molecule has 3 heteroatoms. The first kappa shape index (κ1) is 9.71. The molecule has 1 aliphatic rings. The minimum atomic E-state index is 0.458. The summed E-state index contributed by atoms with van der Waals surface area (Å²) in [5, 5.41) is 8.01. The van der Waals surface area contributed by atoms with Crippen LogP contribution in [-0.4, -0.2) is 15.8 Å². The van der Waals surface area contributed by atoms with Gasteiger partial charge in [-0.05, 0) is 39.7 Å². The van der Waals surface area contributed by atoms with Crippen LogP contribution in [0.15, 0.2) is 6.07 Å². The number of nitrogens with zero attached hydrogens (tertiary/aromatic N) is 2. The number of rotatable bonds is 4. The Morgan fingerprint density at radius 2 is 2.29 bits per heavy atom. The van der Waals surface area contributed by atoms with Gasteiger partial charge in [-0.3, -0.25) is 4.68 Å². The summed E-state index contributed by atoms with van der Waals surface area (Å²) in [6.45, 7) is 7.36. The molecule has 0 atom stereocenters. The Morgan fingerprint density at radius 3 is 2.86 bits per heavy atom. The van der Waals surface area contributed by atoms with Gasteiger partial charge in [-0.2, -0.15) is 5.10 Å². The molecule has 2 rings (SSSR count). The molecule has 3 nitrogen and oxygen atoms in total. The fraction of sp³-hybridized carbons (Fsp3) is 0.727. The van der Waals surface area contributed by atoms with Crippen LogP contribution in [-0.2, 0) is 6.54 Å². The highest BCUT2D eigenvalue weighted by molar-refractivity contribution is 5.10. The molecule has 78 valence electrons. The van der Waals surface area contributed by atoms with E-state index in [-0.39, 0.29) is 0 Å². The van der Waals surface area contributed by atoms with E-state index in [1.165, 1.54) is 18.5 Å². The maximum absolute atomic E-state index is 4.49. The molecule has 1 saturated carbocycles. The van der Waals surface area contributed by atoms with Gasteiger partial charge in [0.1, 0.15) is 0 Å². The predicted octanol–water partition coefficient (Wildman–Crippen LogP) is 2.02. The average molecular weight is 193 g/mol. The number of hydrogen-bond acceptors (Lipinski definition) is 2. The normalized spacial score (nSPS) is 16.6. The molecular weight excluding hydrogens is 174 g/mol. The molecule has 0 aliphatic heterocycles. The number of aryl methyl sites for hydroxylation is 1. The number of aromatic nitrogens is 2. The molecular formula is C11H19N3. The monoisotopic (exact) mass is 193 g/mol. The van der Waals surface area contributed by atoms with Gasteiger partial charge in [0.05, 0.1) is 11.4 Å². The second-order valence-corrected chi connectivity index (χ2v) is 4.47. The fourth-order valence-corrected chi connectivity index (χ4v) is 1.69. The van der Waals surface area contributed by atoms with Crippen molar-refractivity contribution in [3.8, 4) is 0 Å². The van der Waals surface area contributed by atoms with Crippen molar-refractivity contribution in [2.75, 3.05) is 0 Å². The van der Waals surface area contributed by atoms with Crippen LogP contribution in [0.3, 0.4) is 0 Å². The smallest absolute Gasteiger partial charge is 0.0597 e. The van der Waals surface area contributed by atoms with Crippen LogP contribution < -0.4 is 5.32 Å². The van der Waals surface area contributed by atoms with Crippen LogP contribution >= 0.6 is 0 Å². The zero-order valence-corrected chi connectivity index (χ0v) is 9.25. The van der Waals surface area contributed by atoms with Gasteiger partial charge in [0.2, 0.25) is 0 Å². The third-order valence-electron chi connectivity index (χ3n) is 2.57. The van der Waals surface area contributed by atoms with Crippen LogP contribution in [0, 0.1) is 6.92 Å². The van der Waals surface area contributed by atoms with Gasteiger partial charge < -0.3 is 5.32 Å². The maximum atomic E-state index is 4.49. The van der Waals surface area contributed by atoms with Crippen molar-refractivity contribution in [1.29, 1.82) is 0 Å². The maximum Gasteiger partial charge on any atom is 0.0597 e. The van der Waals surface area contributed by atoms with Crippen molar-refractivity contribution in [3.05, 3.63) is 17.5 Å². The Morgan fingerprint density at radius 1 is 1.57 bits per heavy atom. The van der Waals surface area contributed by atoms with Gasteiger partial charge >= 0.3 is 0 Å². The summed E-state index contributed by atoms with van der Waals surface area (Å²) in [5.41, 5.74) is 2.43. The van der Waals surface area contributed by atoms with Crippen LogP contribution in [0.5, 0.6) is 0 Å². The SMILES string of the molecule is Cc1cc(CNC2CC2)n(C(C)C)n1. The summed E-state index contributed by atoms with van der Waals surface area (Å²) in [6.07, 6.45) is 2.68. The van der Waals surface area contributed by atoms with Crippen molar-refractivity contribution < 1.29 is 0 Å². The van der Waals surface area contributed by atoms with E-state index < -0.39 is 0 Å². The second-order valence-electron chi connectivity index (χ2n) is 4.47. The summed E-state index contributed by atoms with van der Waals surface area (Å²) in [4.78, 5) is 0. The molecule has 0 unspecified atom stereocenters. The lowest BCUT2D eigenvalue weighted by Gasteiger charge is -2.11. The quantitative estimate of drug-likeness (QED) is 0.793. The molecule has 0 amide bonds. The minimum absolute atomic E-state index is 0.458. The standard InChI is InChI=1S/C11H19N3/c1-8(2)14-11(6-9(3)13-14)7-12-10-4-5-10/h6,8,10,12H,4-5,7H2,1-3H3. The van der Waals surface area contributed by atoms with Crippen molar-refractivity contribution in [2.24, 2.45) is 0 Å². The summed E-state index contributed by atoms with van der Waals surface area (Å²) in [5.74, 6) is 0. The Labute approximate surface area is 85.5 Å². The molecule has 1 aliphatic carbocycles. The Hall–Kier alpha value is -0.830. The highest BCUT2D eigenvalue weighted by Crippen LogP contribution is 2.20. The Bertz CT molecular complexity index is 310. The minimum Gasteiger partial charge on any atom is -0.308 e. The van der Waals surface area contributed by atoms with E-state index in [4.69, 9.17) is 0 Å². The molecule has 1 fully saturated rings. The lowest BCUT2D eigenvalue weighted by atomic mass is 10.3. The summed E-state index contributed by atoms with van der Waals surface area (Å²) in [6, 6.07) is 3.40. The fourth-order valence-electron chi connectivity index (χ4n) is 1.69. The Balaban J connectivity index is 2.05. The van der Waals surface area contributed by atoms with E-state index in [1.807, 2.05) is 0 Å². The van der Waals surface area contributed by atoms with E-state index in [1.54, 1.807) is 0 Å². The number of hydrogen-bond donors (Lipinski definition) is 1. The largest absolute Gasteiger partial charge is 0.308 e. The topological polar surface area (TPSA) is 29.9 Å². The van der Waals surface area contributed by atoms with Crippen molar-refractivity contribution >= 4 is 0 Å².